The van der Waals surface area contributed by atoms with E-state index in [1.807, 2.05) is 29.2 Å². The third-order valence-electron chi connectivity index (χ3n) is 4.48. The summed E-state index contributed by atoms with van der Waals surface area (Å²) < 4.78 is 6.48. The summed E-state index contributed by atoms with van der Waals surface area (Å²) in [5, 5.41) is 7.02. The molecule has 1 saturated heterocycles. The van der Waals surface area contributed by atoms with Crippen LogP contribution in [0.3, 0.4) is 0 Å². The van der Waals surface area contributed by atoms with E-state index in [2.05, 4.69) is 10.4 Å². The molecule has 0 aliphatic carbocycles. The maximum atomic E-state index is 12.4. The number of aromatic nitrogens is 2. The molecule has 0 bridgehead atoms. The second-order valence-electron chi connectivity index (χ2n) is 6.18. The molecule has 2 aromatic rings. The largest absolute Gasteiger partial charge is 0.497 e. The molecule has 3 rings (SSSR count). The molecule has 1 aromatic carbocycles. The minimum atomic E-state index is -0.150. The summed E-state index contributed by atoms with van der Waals surface area (Å²) >= 11 is 0. The van der Waals surface area contributed by atoms with Crippen molar-refractivity contribution in [3.05, 3.63) is 52.4 Å². The van der Waals surface area contributed by atoms with E-state index >= 15 is 0 Å². The first-order valence-corrected chi connectivity index (χ1v) is 8.26. The highest BCUT2D eigenvalue weighted by atomic mass is 16.5. The molecule has 1 unspecified atom stereocenters. The Balaban J connectivity index is 1.56. The van der Waals surface area contributed by atoms with Gasteiger partial charge in [-0.1, -0.05) is 12.1 Å². The molecular formula is C18H22N4O3. The minimum Gasteiger partial charge on any atom is -0.497 e. The molecule has 1 aromatic heterocycles. The Kier molecular flexibility index (Phi) is 5.02. The van der Waals surface area contributed by atoms with Gasteiger partial charge in [-0.15, -0.1) is 0 Å². The number of aryl methyl sites for hydroxylation is 1. The summed E-state index contributed by atoms with van der Waals surface area (Å²) in [6.07, 6.45) is 2.43. The quantitative estimate of drug-likeness (QED) is 0.875. The molecule has 1 fully saturated rings. The Morgan fingerprint density at radius 2 is 2.24 bits per heavy atom. The van der Waals surface area contributed by atoms with Gasteiger partial charge >= 0.3 is 0 Å². The fourth-order valence-electron chi connectivity index (χ4n) is 2.96. The van der Waals surface area contributed by atoms with E-state index in [1.165, 1.54) is 4.68 Å². The smallest absolute Gasteiger partial charge is 0.268 e. The van der Waals surface area contributed by atoms with E-state index in [0.29, 0.717) is 13.1 Å². The molecule has 1 aliphatic rings. The lowest BCUT2D eigenvalue weighted by molar-refractivity contribution is -0.124. The normalized spacial score (nSPS) is 16.7. The lowest BCUT2D eigenvalue weighted by Crippen LogP contribution is -2.32. The SMILES string of the molecule is COc1cccc(CNC(=O)C2CCN(c3cnn(C)c(=O)c3)C2)c1. The molecule has 1 N–H and O–H groups in total. The molecule has 7 heteroatoms. The summed E-state index contributed by atoms with van der Waals surface area (Å²) in [5.41, 5.74) is 1.62. The van der Waals surface area contributed by atoms with Crippen LogP contribution in [0.1, 0.15) is 12.0 Å². The zero-order valence-corrected chi connectivity index (χ0v) is 14.4. The zero-order valence-electron chi connectivity index (χ0n) is 14.4. The van der Waals surface area contributed by atoms with Crippen LogP contribution in [0, 0.1) is 5.92 Å². The maximum absolute atomic E-state index is 12.4. The third-order valence-corrected chi connectivity index (χ3v) is 4.48. The van der Waals surface area contributed by atoms with Gasteiger partial charge in [-0.05, 0) is 24.1 Å². The summed E-state index contributed by atoms with van der Waals surface area (Å²) in [5.74, 6) is 0.716. The fraction of sp³-hybridized carbons (Fsp3) is 0.389. The number of nitrogens with one attached hydrogen (secondary N) is 1. The summed E-state index contributed by atoms with van der Waals surface area (Å²) in [6.45, 7) is 1.81. The summed E-state index contributed by atoms with van der Waals surface area (Å²) in [4.78, 5) is 26.2. The Hall–Kier alpha value is -2.83. The number of carbonyl (C=O) groups excluding carboxylic acids is 1. The molecule has 1 aliphatic heterocycles. The van der Waals surface area contributed by atoms with E-state index in [1.54, 1.807) is 26.4 Å². The number of amides is 1. The first-order chi connectivity index (χ1) is 12.1. The summed E-state index contributed by atoms with van der Waals surface area (Å²) in [7, 11) is 3.24. The second kappa shape index (κ2) is 7.38. The Morgan fingerprint density at radius 1 is 1.40 bits per heavy atom. The fourth-order valence-corrected chi connectivity index (χ4v) is 2.96. The van der Waals surface area contributed by atoms with Gasteiger partial charge in [0.15, 0.2) is 0 Å². The minimum absolute atomic E-state index is 0.0297. The van der Waals surface area contributed by atoms with Crippen LogP contribution in [-0.4, -0.2) is 35.9 Å². The van der Waals surface area contributed by atoms with Crippen LogP contribution >= 0.6 is 0 Å². The third kappa shape index (κ3) is 3.99. The van der Waals surface area contributed by atoms with Crippen LogP contribution < -0.4 is 20.5 Å². The first kappa shape index (κ1) is 17.0. The van der Waals surface area contributed by atoms with Crippen molar-refractivity contribution in [2.45, 2.75) is 13.0 Å². The van der Waals surface area contributed by atoms with Crippen LogP contribution in [-0.2, 0) is 18.4 Å². The van der Waals surface area contributed by atoms with Gasteiger partial charge in [-0.3, -0.25) is 9.59 Å². The second-order valence-corrected chi connectivity index (χ2v) is 6.18. The molecule has 132 valence electrons. The van der Waals surface area contributed by atoms with Gasteiger partial charge in [0.1, 0.15) is 5.75 Å². The molecule has 0 spiro atoms. The highest BCUT2D eigenvalue weighted by Gasteiger charge is 2.28. The molecule has 0 saturated carbocycles. The number of ether oxygens (including phenoxy) is 1. The van der Waals surface area contributed by atoms with Gasteiger partial charge < -0.3 is 15.0 Å². The Labute approximate surface area is 146 Å². The van der Waals surface area contributed by atoms with Gasteiger partial charge in [0.2, 0.25) is 5.91 Å². The first-order valence-electron chi connectivity index (χ1n) is 8.26. The molecule has 2 heterocycles. The van der Waals surface area contributed by atoms with Crippen molar-refractivity contribution >= 4 is 11.6 Å². The van der Waals surface area contributed by atoms with Crippen LogP contribution in [0.2, 0.25) is 0 Å². The number of hydrogen-bond acceptors (Lipinski definition) is 5. The Bertz CT molecular complexity index is 818. The van der Waals surface area contributed by atoms with E-state index in [-0.39, 0.29) is 17.4 Å². The van der Waals surface area contributed by atoms with Crippen LogP contribution in [0.5, 0.6) is 5.75 Å². The van der Waals surface area contributed by atoms with Crippen molar-refractivity contribution in [2.24, 2.45) is 13.0 Å². The number of anilines is 1. The Morgan fingerprint density at radius 3 is 3.00 bits per heavy atom. The van der Waals surface area contributed by atoms with Gasteiger partial charge in [-0.2, -0.15) is 5.10 Å². The van der Waals surface area contributed by atoms with Crippen molar-refractivity contribution in [2.75, 3.05) is 25.1 Å². The van der Waals surface area contributed by atoms with Gasteiger partial charge in [0, 0.05) is 32.7 Å². The van der Waals surface area contributed by atoms with Crippen LogP contribution in [0.4, 0.5) is 5.69 Å². The standard InChI is InChI=1S/C18H22N4O3/c1-21-17(23)9-15(11-20-21)22-7-6-14(12-22)18(24)19-10-13-4-3-5-16(8-13)25-2/h3-5,8-9,11,14H,6-7,10,12H2,1-2H3,(H,19,24). The molecule has 1 atom stereocenters. The van der Waals surface area contributed by atoms with Crippen LogP contribution in [0.25, 0.3) is 0 Å². The number of hydrogen-bond donors (Lipinski definition) is 1. The van der Waals surface area contributed by atoms with Crippen molar-refractivity contribution < 1.29 is 9.53 Å². The van der Waals surface area contributed by atoms with E-state index in [9.17, 15) is 9.59 Å². The van der Waals surface area contributed by atoms with E-state index < -0.39 is 0 Å². The monoisotopic (exact) mass is 342 g/mol. The lowest BCUT2D eigenvalue weighted by Gasteiger charge is -2.18. The predicted octanol–water partition coefficient (Wildman–Crippen LogP) is 0.932. The number of carbonyl (C=O) groups is 1. The van der Waals surface area contributed by atoms with Gasteiger partial charge in [-0.25, -0.2) is 4.68 Å². The molecule has 7 nitrogen and oxygen atoms in total. The molecule has 0 radical (unpaired) electrons. The number of benzene rings is 1. The van der Waals surface area contributed by atoms with Crippen molar-refractivity contribution in [1.82, 2.24) is 15.1 Å². The highest BCUT2D eigenvalue weighted by Crippen LogP contribution is 2.22. The zero-order chi connectivity index (χ0) is 17.8. The summed E-state index contributed by atoms with van der Waals surface area (Å²) in [6, 6.07) is 9.20. The molecular weight excluding hydrogens is 320 g/mol. The van der Waals surface area contributed by atoms with Crippen LogP contribution in [0.15, 0.2) is 41.3 Å². The van der Waals surface area contributed by atoms with Crippen molar-refractivity contribution in [3.8, 4) is 5.75 Å². The number of methoxy groups -OCH3 is 1. The lowest BCUT2D eigenvalue weighted by atomic mass is 10.1. The predicted molar refractivity (Wildman–Crippen MR) is 94.6 cm³/mol. The topological polar surface area (TPSA) is 76.5 Å². The van der Waals surface area contributed by atoms with Crippen molar-refractivity contribution in [3.63, 3.8) is 0 Å². The van der Waals surface area contributed by atoms with Crippen molar-refractivity contribution in [1.29, 1.82) is 0 Å². The maximum Gasteiger partial charge on any atom is 0.268 e. The van der Waals surface area contributed by atoms with E-state index in [4.69, 9.17) is 4.74 Å². The average Bonchev–Trinajstić information content (AvgIpc) is 3.12. The number of nitrogens with zero attached hydrogens (tertiary/aromatic N) is 3. The molecule has 25 heavy (non-hydrogen) atoms. The number of rotatable bonds is 5. The molecule has 1 amide bonds. The van der Waals surface area contributed by atoms with Gasteiger partial charge in [0.25, 0.3) is 5.56 Å². The highest BCUT2D eigenvalue weighted by molar-refractivity contribution is 5.80. The van der Waals surface area contributed by atoms with E-state index in [0.717, 1.165) is 30.0 Å². The van der Waals surface area contributed by atoms with Gasteiger partial charge in [0.05, 0.1) is 24.9 Å². The average molecular weight is 342 g/mol.